The first-order valence-corrected chi connectivity index (χ1v) is 12.4. The Morgan fingerprint density at radius 2 is 1.44 bits per heavy atom. The number of aliphatic hydroxyl groups is 6. The summed E-state index contributed by atoms with van der Waals surface area (Å²) in [4.78, 5) is 13.3. The molecule has 0 aromatic heterocycles. The lowest BCUT2D eigenvalue weighted by Gasteiger charge is -2.30. The number of hydrogen-bond donors (Lipinski definition) is 8. The van der Waals surface area contributed by atoms with Gasteiger partial charge in [-0.05, 0) is 57.7 Å². The van der Waals surface area contributed by atoms with Gasteiger partial charge in [-0.25, -0.2) is 4.79 Å². The van der Waals surface area contributed by atoms with Crippen molar-refractivity contribution in [2.75, 3.05) is 51.3 Å². The van der Waals surface area contributed by atoms with Crippen molar-refractivity contribution in [2.45, 2.75) is 70.1 Å². The van der Waals surface area contributed by atoms with Gasteiger partial charge in [-0.2, -0.15) is 0 Å². The molecule has 1 amide bonds. The second kappa shape index (κ2) is 16.7. The molecular formula is C25H45N3O8. The molecular weight excluding hydrogens is 470 g/mol. The number of carbonyl (C=O) groups excluding carboxylic acids is 1. The SMILES string of the molecule is CC(C)(C)OC(=O)NCCCCc1ccc(NCCN(C[C@H](O)[C@H](O)CO)C[C@H](O)[C@H](O)CO)cc1. The van der Waals surface area contributed by atoms with E-state index in [-0.39, 0.29) is 13.1 Å². The maximum absolute atomic E-state index is 11.6. The number of aryl methyl sites for hydroxylation is 1. The maximum atomic E-state index is 11.6. The summed E-state index contributed by atoms with van der Waals surface area (Å²) < 4.78 is 5.20. The van der Waals surface area contributed by atoms with Gasteiger partial charge in [0.25, 0.3) is 0 Å². The minimum atomic E-state index is -1.32. The third-order valence-electron chi connectivity index (χ3n) is 5.42. The minimum Gasteiger partial charge on any atom is -0.444 e. The molecule has 8 N–H and O–H groups in total. The number of amides is 1. The number of unbranched alkanes of at least 4 members (excludes halogenated alkanes) is 1. The summed E-state index contributed by atoms with van der Waals surface area (Å²) in [6, 6.07) is 7.94. The molecule has 4 atom stereocenters. The first-order valence-electron chi connectivity index (χ1n) is 12.4. The molecule has 0 aliphatic carbocycles. The van der Waals surface area contributed by atoms with Crippen molar-refractivity contribution in [3.05, 3.63) is 29.8 Å². The van der Waals surface area contributed by atoms with Gasteiger partial charge in [0, 0.05) is 38.4 Å². The molecule has 1 rings (SSSR count). The number of rotatable bonds is 17. The zero-order valence-corrected chi connectivity index (χ0v) is 21.6. The second-order valence-corrected chi connectivity index (χ2v) is 9.90. The van der Waals surface area contributed by atoms with Crippen molar-refractivity contribution in [1.29, 1.82) is 0 Å². The lowest BCUT2D eigenvalue weighted by Crippen LogP contribution is -2.47. The van der Waals surface area contributed by atoms with Gasteiger partial charge in [0.2, 0.25) is 0 Å². The zero-order chi connectivity index (χ0) is 27.1. The summed E-state index contributed by atoms with van der Waals surface area (Å²) in [6.07, 6.45) is -2.87. The van der Waals surface area contributed by atoms with E-state index in [0.717, 1.165) is 24.9 Å². The van der Waals surface area contributed by atoms with E-state index < -0.39 is 49.3 Å². The highest BCUT2D eigenvalue weighted by molar-refractivity contribution is 5.67. The molecule has 0 fully saturated rings. The Morgan fingerprint density at radius 3 is 1.94 bits per heavy atom. The molecule has 1 aromatic rings. The molecule has 208 valence electrons. The summed E-state index contributed by atoms with van der Waals surface area (Å²) in [7, 11) is 0. The fourth-order valence-electron chi connectivity index (χ4n) is 3.38. The van der Waals surface area contributed by atoms with E-state index in [4.69, 9.17) is 14.9 Å². The quantitative estimate of drug-likeness (QED) is 0.128. The maximum Gasteiger partial charge on any atom is 0.407 e. The Labute approximate surface area is 213 Å². The second-order valence-electron chi connectivity index (χ2n) is 9.90. The molecule has 0 saturated carbocycles. The minimum absolute atomic E-state index is 0.0274. The van der Waals surface area contributed by atoms with Crippen LogP contribution in [0.5, 0.6) is 0 Å². The molecule has 0 unspecified atom stereocenters. The molecule has 0 aliphatic rings. The Kier molecular flexibility index (Phi) is 14.9. The predicted octanol–water partition coefficient (Wildman–Crippen LogP) is -0.324. The Morgan fingerprint density at radius 1 is 0.889 bits per heavy atom. The standard InChI is InChI=1S/C25H45N3O8/c1-25(2,3)36-24(35)27-11-5-4-6-18-7-9-19(10-8-18)26-12-13-28(14-20(31)22(33)16-29)15-21(32)23(34)17-30/h7-10,20-23,26,29-34H,4-6,11-17H2,1-3H3,(H,27,35)/t20-,21-,22+,23+/m0/s1. The lowest BCUT2D eigenvalue weighted by molar-refractivity contribution is -0.0529. The molecule has 0 heterocycles. The van der Waals surface area contributed by atoms with Gasteiger partial charge in [0.15, 0.2) is 0 Å². The van der Waals surface area contributed by atoms with Crippen molar-refractivity contribution in [3.63, 3.8) is 0 Å². The van der Waals surface area contributed by atoms with E-state index in [9.17, 15) is 25.2 Å². The lowest BCUT2D eigenvalue weighted by atomic mass is 10.1. The number of nitrogens with zero attached hydrogens (tertiary/aromatic N) is 1. The summed E-state index contributed by atoms with van der Waals surface area (Å²) in [5.74, 6) is 0. The first-order chi connectivity index (χ1) is 16.9. The van der Waals surface area contributed by atoms with Crippen molar-refractivity contribution >= 4 is 11.8 Å². The highest BCUT2D eigenvalue weighted by Crippen LogP contribution is 2.12. The highest BCUT2D eigenvalue weighted by atomic mass is 16.6. The van der Waals surface area contributed by atoms with Crippen LogP contribution in [0.4, 0.5) is 10.5 Å². The number of anilines is 1. The summed E-state index contributed by atoms with van der Waals surface area (Å²) in [5, 5.41) is 63.4. The van der Waals surface area contributed by atoms with E-state index in [0.29, 0.717) is 19.6 Å². The average Bonchev–Trinajstić information content (AvgIpc) is 2.82. The van der Waals surface area contributed by atoms with Crippen LogP contribution in [0.2, 0.25) is 0 Å². The molecule has 11 nitrogen and oxygen atoms in total. The molecule has 0 bridgehead atoms. The van der Waals surface area contributed by atoms with Crippen LogP contribution in [0.1, 0.15) is 39.2 Å². The average molecular weight is 516 g/mol. The van der Waals surface area contributed by atoms with Gasteiger partial charge in [-0.15, -0.1) is 0 Å². The fourth-order valence-corrected chi connectivity index (χ4v) is 3.38. The molecule has 1 aromatic carbocycles. The summed E-state index contributed by atoms with van der Waals surface area (Å²) >= 11 is 0. The summed E-state index contributed by atoms with van der Waals surface area (Å²) in [6.45, 7) is 5.61. The molecule has 0 saturated heterocycles. The van der Waals surface area contributed by atoms with Crippen LogP contribution in [0, 0.1) is 0 Å². The third kappa shape index (κ3) is 13.9. The predicted molar refractivity (Wildman–Crippen MR) is 137 cm³/mol. The van der Waals surface area contributed by atoms with Crippen LogP contribution in [0.15, 0.2) is 24.3 Å². The topological polar surface area (TPSA) is 175 Å². The number of alkyl carbamates (subject to hydrolysis) is 1. The van der Waals surface area contributed by atoms with Crippen LogP contribution < -0.4 is 10.6 Å². The van der Waals surface area contributed by atoms with Crippen molar-refractivity contribution in [3.8, 4) is 0 Å². The van der Waals surface area contributed by atoms with Gasteiger partial charge < -0.3 is 46.0 Å². The van der Waals surface area contributed by atoms with Crippen molar-refractivity contribution < 1.29 is 40.2 Å². The first kappa shape index (κ1) is 32.0. The highest BCUT2D eigenvalue weighted by Gasteiger charge is 2.23. The van der Waals surface area contributed by atoms with Crippen LogP contribution >= 0.6 is 0 Å². The Hall–Kier alpha value is -1.99. The Bertz CT molecular complexity index is 711. The van der Waals surface area contributed by atoms with E-state index in [1.165, 1.54) is 5.56 Å². The van der Waals surface area contributed by atoms with Gasteiger partial charge in [-0.1, -0.05) is 12.1 Å². The van der Waals surface area contributed by atoms with Crippen LogP contribution in [-0.4, -0.2) is 118 Å². The van der Waals surface area contributed by atoms with Crippen molar-refractivity contribution in [1.82, 2.24) is 10.2 Å². The Balaban J connectivity index is 2.43. The number of ether oxygens (including phenoxy) is 1. The fraction of sp³-hybridized carbons (Fsp3) is 0.720. The zero-order valence-electron chi connectivity index (χ0n) is 21.6. The molecule has 11 heteroatoms. The number of carbonyl (C=O) groups is 1. The number of hydrogen-bond acceptors (Lipinski definition) is 10. The molecule has 0 spiro atoms. The monoisotopic (exact) mass is 515 g/mol. The normalized spacial score (nSPS) is 15.3. The number of nitrogens with one attached hydrogen (secondary N) is 2. The van der Waals surface area contributed by atoms with E-state index in [2.05, 4.69) is 10.6 Å². The molecule has 0 radical (unpaired) electrons. The van der Waals surface area contributed by atoms with E-state index in [1.807, 2.05) is 45.0 Å². The number of aliphatic hydroxyl groups excluding tert-OH is 6. The molecule has 0 aliphatic heterocycles. The van der Waals surface area contributed by atoms with E-state index in [1.54, 1.807) is 4.90 Å². The molecule has 36 heavy (non-hydrogen) atoms. The van der Waals surface area contributed by atoms with Crippen LogP contribution in [0.3, 0.4) is 0 Å². The third-order valence-corrected chi connectivity index (χ3v) is 5.42. The smallest absolute Gasteiger partial charge is 0.407 e. The van der Waals surface area contributed by atoms with Gasteiger partial charge in [-0.3, -0.25) is 4.90 Å². The largest absolute Gasteiger partial charge is 0.444 e. The van der Waals surface area contributed by atoms with Gasteiger partial charge in [0.05, 0.1) is 25.4 Å². The summed E-state index contributed by atoms with van der Waals surface area (Å²) in [5.41, 5.74) is 1.55. The van der Waals surface area contributed by atoms with Gasteiger partial charge in [0.1, 0.15) is 17.8 Å². The van der Waals surface area contributed by atoms with Crippen molar-refractivity contribution in [2.24, 2.45) is 0 Å². The van der Waals surface area contributed by atoms with Crippen LogP contribution in [-0.2, 0) is 11.2 Å². The number of benzene rings is 1. The van der Waals surface area contributed by atoms with E-state index >= 15 is 0 Å². The van der Waals surface area contributed by atoms with Gasteiger partial charge >= 0.3 is 6.09 Å². The van der Waals surface area contributed by atoms with Crippen LogP contribution in [0.25, 0.3) is 0 Å².